The molecule has 0 saturated heterocycles. The van der Waals surface area contributed by atoms with Gasteiger partial charge >= 0.3 is 12.1 Å². The second kappa shape index (κ2) is 8.27. The Bertz CT molecular complexity index is 827. The molecule has 2 aromatic rings. The number of amides is 1. The van der Waals surface area contributed by atoms with E-state index in [1.807, 2.05) is 45.0 Å². The molecule has 2 aromatic carbocycles. The molecular weight excluding hydrogens is 382 g/mol. The molecule has 0 fully saturated rings. The summed E-state index contributed by atoms with van der Waals surface area (Å²) in [5, 5.41) is 2.53. The predicted molar refractivity (Wildman–Crippen MR) is 112 cm³/mol. The lowest BCUT2D eigenvalue weighted by Gasteiger charge is -2.24. The number of ether oxygens (including phenoxy) is 2. The number of benzene rings is 2. The first-order chi connectivity index (χ1) is 12.5. The van der Waals surface area contributed by atoms with Crippen LogP contribution in [0.25, 0.3) is 11.1 Å². The molecule has 0 aromatic heterocycles. The van der Waals surface area contributed by atoms with Crippen LogP contribution in [-0.4, -0.2) is 24.8 Å². The van der Waals surface area contributed by atoms with Crippen molar-refractivity contribution in [2.75, 3.05) is 7.11 Å². The molecule has 1 N–H and O–H groups in total. The van der Waals surface area contributed by atoms with E-state index in [-0.39, 0.29) is 5.97 Å². The fourth-order valence-electron chi connectivity index (χ4n) is 2.39. The molecule has 0 atom stereocenters. The lowest BCUT2D eigenvalue weighted by atomic mass is 9.98. The van der Waals surface area contributed by atoms with Gasteiger partial charge < -0.3 is 9.47 Å². The Hall–Kier alpha value is -2.12. The van der Waals surface area contributed by atoms with Crippen LogP contribution < -0.4 is 5.32 Å². The van der Waals surface area contributed by atoms with Crippen LogP contribution in [0, 0.1) is 0 Å². The highest BCUT2D eigenvalue weighted by Crippen LogP contribution is 2.32. The van der Waals surface area contributed by atoms with Gasteiger partial charge in [-0.1, -0.05) is 42.5 Å². The fourth-order valence-corrected chi connectivity index (χ4v) is 2.87. The van der Waals surface area contributed by atoms with Gasteiger partial charge in [-0.25, -0.2) is 9.59 Å². The summed E-state index contributed by atoms with van der Waals surface area (Å²) < 4.78 is 8.88. The number of esters is 1. The van der Waals surface area contributed by atoms with Crippen molar-refractivity contribution < 1.29 is 19.1 Å². The number of methoxy groups -OCH3 is 1. The Morgan fingerprint density at radius 3 is 2.11 bits per heavy atom. The number of carbonyl (C=O) groups excluding carboxylic acids is 2. The van der Waals surface area contributed by atoms with Crippen molar-refractivity contribution in [3.63, 3.8) is 0 Å². The summed E-state index contributed by atoms with van der Waals surface area (Å²) in [5.41, 5.74) is 2.14. The Morgan fingerprint density at radius 1 is 0.963 bits per heavy atom. The van der Waals surface area contributed by atoms with E-state index in [1.54, 1.807) is 24.3 Å². The first kappa shape index (κ1) is 21.2. The molecule has 5 nitrogen and oxygen atoms in total. The van der Waals surface area contributed by atoms with E-state index in [4.69, 9.17) is 4.74 Å². The molecule has 0 aliphatic heterocycles. The van der Waals surface area contributed by atoms with Crippen molar-refractivity contribution in [3.05, 3.63) is 59.7 Å². The third-order valence-corrected chi connectivity index (χ3v) is 4.35. The number of thiol groups is 2. The maximum absolute atomic E-state index is 12.5. The lowest BCUT2D eigenvalue weighted by Crippen LogP contribution is -2.37. The monoisotopic (exact) mass is 405 g/mol. The minimum Gasteiger partial charge on any atom is -0.456 e. The lowest BCUT2D eigenvalue weighted by molar-refractivity contribution is 0.00704. The van der Waals surface area contributed by atoms with Crippen molar-refractivity contribution in [2.45, 2.75) is 30.6 Å². The summed E-state index contributed by atoms with van der Waals surface area (Å²) in [6.07, 6.45) is -0.639. The third-order valence-electron chi connectivity index (χ3n) is 3.61. The SMILES string of the molecule is COC(=O)NC(S)(S)c1ccc(-c2ccccc2C(=O)OC(C)(C)C)cc1. The van der Waals surface area contributed by atoms with Crippen LogP contribution >= 0.6 is 25.3 Å². The van der Waals surface area contributed by atoms with E-state index in [0.717, 1.165) is 11.1 Å². The van der Waals surface area contributed by atoms with E-state index < -0.39 is 15.9 Å². The molecule has 27 heavy (non-hydrogen) atoms. The van der Waals surface area contributed by atoms with Crippen molar-refractivity contribution in [2.24, 2.45) is 0 Å². The van der Waals surface area contributed by atoms with Gasteiger partial charge in [0, 0.05) is 0 Å². The van der Waals surface area contributed by atoms with Gasteiger partial charge in [0.05, 0.1) is 12.7 Å². The van der Waals surface area contributed by atoms with Crippen LogP contribution in [0.2, 0.25) is 0 Å². The summed E-state index contributed by atoms with van der Waals surface area (Å²) in [5.74, 6) is -0.382. The molecule has 0 saturated carbocycles. The number of hydrogen-bond acceptors (Lipinski definition) is 6. The van der Waals surface area contributed by atoms with E-state index in [0.29, 0.717) is 11.1 Å². The molecule has 7 heteroatoms. The number of hydrogen-bond donors (Lipinski definition) is 3. The zero-order valence-electron chi connectivity index (χ0n) is 15.6. The summed E-state index contributed by atoms with van der Waals surface area (Å²) in [6.45, 7) is 5.49. The molecule has 0 spiro atoms. The van der Waals surface area contributed by atoms with E-state index in [2.05, 4.69) is 35.3 Å². The molecule has 144 valence electrons. The van der Waals surface area contributed by atoms with Crippen molar-refractivity contribution in [1.82, 2.24) is 5.32 Å². The van der Waals surface area contributed by atoms with Crippen LogP contribution in [0.15, 0.2) is 48.5 Å². The Balaban J connectivity index is 2.33. The third kappa shape index (κ3) is 5.68. The fraction of sp³-hybridized carbons (Fsp3) is 0.300. The summed E-state index contributed by atoms with van der Waals surface area (Å²) in [6, 6.07) is 14.5. The Kier molecular flexibility index (Phi) is 6.49. The van der Waals surface area contributed by atoms with E-state index in [1.165, 1.54) is 7.11 Å². The van der Waals surface area contributed by atoms with Crippen LogP contribution in [-0.2, 0) is 13.7 Å². The molecule has 0 heterocycles. The van der Waals surface area contributed by atoms with E-state index >= 15 is 0 Å². The highest BCUT2D eigenvalue weighted by molar-refractivity contribution is 7.99. The predicted octanol–water partition coefficient (Wildman–Crippen LogP) is 4.63. The van der Waals surface area contributed by atoms with Gasteiger partial charge in [0.25, 0.3) is 0 Å². The number of alkyl carbamates (subject to hydrolysis) is 1. The second-order valence-electron chi connectivity index (χ2n) is 6.91. The molecular formula is C20H23NO4S2. The molecule has 0 aliphatic rings. The molecule has 0 unspecified atom stereocenters. The smallest absolute Gasteiger partial charge is 0.408 e. The average molecular weight is 406 g/mol. The highest BCUT2D eigenvalue weighted by atomic mass is 32.2. The quantitative estimate of drug-likeness (QED) is 0.394. The van der Waals surface area contributed by atoms with Gasteiger partial charge in [-0.3, -0.25) is 5.32 Å². The number of carbonyl (C=O) groups is 2. The maximum Gasteiger partial charge on any atom is 0.408 e. The maximum atomic E-state index is 12.5. The van der Waals surface area contributed by atoms with Crippen LogP contribution in [0.4, 0.5) is 4.79 Å². The normalized spacial score (nSPS) is 11.6. The Labute approximate surface area is 170 Å². The first-order valence-electron chi connectivity index (χ1n) is 8.27. The van der Waals surface area contributed by atoms with Crippen LogP contribution in [0.1, 0.15) is 36.7 Å². The molecule has 2 rings (SSSR count). The van der Waals surface area contributed by atoms with E-state index in [9.17, 15) is 9.59 Å². The van der Waals surface area contributed by atoms with Gasteiger partial charge in [-0.2, -0.15) is 0 Å². The number of nitrogens with one attached hydrogen (secondary N) is 1. The minimum atomic E-state index is -1.20. The van der Waals surface area contributed by atoms with Gasteiger partial charge in [0.2, 0.25) is 0 Å². The summed E-state index contributed by atoms with van der Waals surface area (Å²) >= 11 is 8.74. The molecule has 1 amide bonds. The van der Waals surface area contributed by atoms with Gasteiger partial charge in [0.15, 0.2) is 4.20 Å². The average Bonchev–Trinajstić information content (AvgIpc) is 2.60. The first-order valence-corrected chi connectivity index (χ1v) is 9.17. The van der Waals surface area contributed by atoms with Crippen LogP contribution in [0.5, 0.6) is 0 Å². The minimum absolute atomic E-state index is 0.382. The zero-order valence-corrected chi connectivity index (χ0v) is 17.4. The largest absolute Gasteiger partial charge is 0.456 e. The van der Waals surface area contributed by atoms with Gasteiger partial charge in [-0.15, -0.1) is 25.3 Å². The van der Waals surface area contributed by atoms with Crippen molar-refractivity contribution in [1.29, 1.82) is 0 Å². The summed E-state index contributed by atoms with van der Waals surface area (Å²) in [4.78, 5) is 24.0. The second-order valence-corrected chi connectivity index (χ2v) is 8.61. The van der Waals surface area contributed by atoms with Crippen molar-refractivity contribution in [3.8, 4) is 11.1 Å². The topological polar surface area (TPSA) is 64.6 Å². The molecule has 0 bridgehead atoms. The highest BCUT2D eigenvalue weighted by Gasteiger charge is 2.26. The Morgan fingerprint density at radius 2 is 1.56 bits per heavy atom. The van der Waals surface area contributed by atoms with Gasteiger partial charge in [0.1, 0.15) is 5.60 Å². The molecule has 0 aliphatic carbocycles. The standard InChI is InChI=1S/C20H23NO4S2/c1-19(2,3)25-17(22)16-8-6-5-7-15(16)13-9-11-14(12-10-13)20(26,27)21-18(23)24-4/h5-12,26-27H,1-4H3,(H,21,23). The van der Waals surface area contributed by atoms with Gasteiger partial charge in [-0.05, 0) is 43.5 Å². The molecule has 0 radical (unpaired) electrons. The van der Waals surface area contributed by atoms with Crippen LogP contribution in [0.3, 0.4) is 0 Å². The van der Waals surface area contributed by atoms with Crippen molar-refractivity contribution >= 4 is 37.3 Å². The summed E-state index contributed by atoms with van der Waals surface area (Å²) in [7, 11) is 1.27. The number of rotatable bonds is 4. The zero-order chi connectivity index (χ0) is 20.2.